The van der Waals surface area contributed by atoms with Gasteiger partial charge >= 0.3 is 0 Å². The van der Waals surface area contributed by atoms with E-state index in [1.807, 2.05) is 6.07 Å². The van der Waals surface area contributed by atoms with E-state index < -0.39 is 0 Å². The van der Waals surface area contributed by atoms with Crippen molar-refractivity contribution in [3.63, 3.8) is 0 Å². The van der Waals surface area contributed by atoms with Crippen molar-refractivity contribution in [2.75, 3.05) is 11.1 Å². The Hall–Kier alpha value is -1.82. The van der Waals surface area contributed by atoms with Gasteiger partial charge in [0.1, 0.15) is 0 Å². The van der Waals surface area contributed by atoms with Crippen LogP contribution in [-0.2, 0) is 0 Å². The Bertz CT molecular complexity index is 519. The molecule has 1 aromatic heterocycles. The van der Waals surface area contributed by atoms with Crippen molar-refractivity contribution in [2.24, 2.45) is 0 Å². The third-order valence-corrected chi connectivity index (χ3v) is 2.92. The number of nitrogen functional groups attached to an aromatic ring is 1. The minimum Gasteiger partial charge on any atom is -0.397 e. The van der Waals surface area contributed by atoms with E-state index in [4.69, 9.17) is 5.73 Å². The van der Waals surface area contributed by atoms with Gasteiger partial charge in [0.25, 0.3) is 0 Å². The number of nitrogens with zero attached hydrogens (tertiary/aromatic N) is 2. The van der Waals surface area contributed by atoms with Gasteiger partial charge in [-0.1, -0.05) is 0 Å². The second kappa shape index (κ2) is 3.34. The van der Waals surface area contributed by atoms with E-state index in [9.17, 15) is 5.11 Å². The van der Waals surface area contributed by atoms with Crippen LogP contribution in [0.4, 0.5) is 11.4 Å². The molecule has 6 nitrogen and oxygen atoms in total. The standard InChI is InChI=1S/C10H12N4O2/c11-7-1-2-8(10-9(7)13-16-14-10)12-5-3-6(15)4-5/h1-2,5-6,12,15H,3-4,11H2. The molecule has 0 spiro atoms. The van der Waals surface area contributed by atoms with Crippen LogP contribution in [0.25, 0.3) is 11.0 Å². The quantitative estimate of drug-likeness (QED) is 0.646. The van der Waals surface area contributed by atoms with Gasteiger partial charge in [-0.3, -0.25) is 0 Å². The first-order valence-electron chi connectivity index (χ1n) is 5.19. The molecule has 0 aliphatic heterocycles. The molecule has 1 aromatic carbocycles. The fourth-order valence-corrected chi connectivity index (χ4v) is 1.93. The van der Waals surface area contributed by atoms with Gasteiger partial charge in [-0.05, 0) is 35.3 Å². The summed E-state index contributed by atoms with van der Waals surface area (Å²) in [5, 5.41) is 20.1. The highest BCUT2D eigenvalue weighted by Gasteiger charge is 2.27. The third kappa shape index (κ3) is 1.38. The zero-order chi connectivity index (χ0) is 11.1. The van der Waals surface area contributed by atoms with Gasteiger partial charge in [-0.2, -0.15) is 0 Å². The van der Waals surface area contributed by atoms with Crippen LogP contribution >= 0.6 is 0 Å². The minimum absolute atomic E-state index is 0.183. The Morgan fingerprint density at radius 1 is 1.31 bits per heavy atom. The van der Waals surface area contributed by atoms with Crippen molar-refractivity contribution < 1.29 is 9.74 Å². The maximum absolute atomic E-state index is 9.21. The van der Waals surface area contributed by atoms with Gasteiger partial charge < -0.3 is 16.2 Å². The first-order valence-corrected chi connectivity index (χ1v) is 5.19. The van der Waals surface area contributed by atoms with E-state index in [-0.39, 0.29) is 6.10 Å². The number of anilines is 2. The van der Waals surface area contributed by atoms with Crippen molar-refractivity contribution in [2.45, 2.75) is 25.0 Å². The summed E-state index contributed by atoms with van der Waals surface area (Å²) in [7, 11) is 0. The van der Waals surface area contributed by atoms with Crippen LogP contribution in [0.15, 0.2) is 16.8 Å². The summed E-state index contributed by atoms with van der Waals surface area (Å²) in [4.78, 5) is 0. The number of hydrogen-bond acceptors (Lipinski definition) is 6. The topological polar surface area (TPSA) is 97.2 Å². The number of aliphatic hydroxyl groups is 1. The number of aliphatic hydroxyl groups excluding tert-OH is 1. The average Bonchev–Trinajstić information content (AvgIpc) is 2.69. The highest BCUT2D eigenvalue weighted by atomic mass is 16.6. The molecule has 3 rings (SSSR count). The summed E-state index contributed by atoms with van der Waals surface area (Å²) in [5.41, 5.74) is 8.35. The Kier molecular flexibility index (Phi) is 1.97. The summed E-state index contributed by atoms with van der Waals surface area (Å²) < 4.78 is 4.67. The van der Waals surface area contributed by atoms with E-state index in [1.165, 1.54) is 0 Å². The van der Waals surface area contributed by atoms with Crippen molar-refractivity contribution in [1.82, 2.24) is 10.3 Å². The fourth-order valence-electron chi connectivity index (χ4n) is 1.93. The Balaban J connectivity index is 1.92. The van der Waals surface area contributed by atoms with E-state index in [0.29, 0.717) is 22.8 Å². The van der Waals surface area contributed by atoms with Crippen LogP contribution in [-0.4, -0.2) is 27.6 Å². The zero-order valence-electron chi connectivity index (χ0n) is 8.55. The lowest BCUT2D eigenvalue weighted by molar-refractivity contribution is 0.0837. The SMILES string of the molecule is Nc1ccc(NC2CC(O)C2)c2nonc12. The lowest BCUT2D eigenvalue weighted by atomic mass is 9.89. The molecular formula is C10H12N4O2. The third-order valence-electron chi connectivity index (χ3n) is 2.92. The lowest BCUT2D eigenvalue weighted by Crippen LogP contribution is -2.38. The van der Waals surface area contributed by atoms with E-state index in [1.54, 1.807) is 6.07 Å². The molecular weight excluding hydrogens is 208 g/mol. The van der Waals surface area contributed by atoms with Gasteiger partial charge in [-0.15, -0.1) is 0 Å². The number of nitrogens with two attached hydrogens (primary N) is 1. The molecule has 2 aromatic rings. The Morgan fingerprint density at radius 3 is 2.81 bits per heavy atom. The van der Waals surface area contributed by atoms with Gasteiger partial charge in [0, 0.05) is 6.04 Å². The second-order valence-electron chi connectivity index (χ2n) is 4.13. The number of nitrogens with one attached hydrogen (secondary N) is 1. The number of hydrogen-bond donors (Lipinski definition) is 3. The molecule has 1 fully saturated rings. The number of benzene rings is 1. The molecule has 16 heavy (non-hydrogen) atoms. The highest BCUT2D eigenvalue weighted by Crippen LogP contribution is 2.29. The molecule has 0 atom stereocenters. The first-order chi connectivity index (χ1) is 7.74. The first kappa shape index (κ1) is 9.41. The molecule has 0 saturated heterocycles. The van der Waals surface area contributed by atoms with Gasteiger partial charge in [-0.25, -0.2) is 4.63 Å². The highest BCUT2D eigenvalue weighted by molar-refractivity contribution is 5.95. The molecule has 84 valence electrons. The molecule has 1 heterocycles. The molecule has 0 bridgehead atoms. The van der Waals surface area contributed by atoms with E-state index in [2.05, 4.69) is 20.3 Å². The van der Waals surface area contributed by atoms with Crippen LogP contribution in [0, 0.1) is 0 Å². The number of aromatic nitrogens is 2. The van der Waals surface area contributed by atoms with Crippen LogP contribution in [0.1, 0.15) is 12.8 Å². The van der Waals surface area contributed by atoms with Crippen LogP contribution in [0.2, 0.25) is 0 Å². The largest absolute Gasteiger partial charge is 0.397 e. The minimum atomic E-state index is -0.183. The normalized spacial score (nSPS) is 24.3. The van der Waals surface area contributed by atoms with Gasteiger partial charge in [0.15, 0.2) is 11.0 Å². The summed E-state index contributed by atoms with van der Waals surface area (Å²) in [6.45, 7) is 0. The van der Waals surface area contributed by atoms with Crippen molar-refractivity contribution >= 4 is 22.4 Å². The molecule has 0 amide bonds. The number of rotatable bonds is 2. The molecule has 0 radical (unpaired) electrons. The van der Waals surface area contributed by atoms with Crippen LogP contribution in [0.5, 0.6) is 0 Å². The molecule has 1 saturated carbocycles. The van der Waals surface area contributed by atoms with Crippen molar-refractivity contribution in [3.8, 4) is 0 Å². The number of fused-ring (bicyclic) bond motifs is 1. The van der Waals surface area contributed by atoms with Crippen molar-refractivity contribution in [3.05, 3.63) is 12.1 Å². The lowest BCUT2D eigenvalue weighted by Gasteiger charge is -2.32. The van der Waals surface area contributed by atoms with Crippen LogP contribution in [0.3, 0.4) is 0 Å². The summed E-state index contributed by atoms with van der Waals surface area (Å²) in [6, 6.07) is 3.91. The maximum atomic E-state index is 9.21. The summed E-state index contributed by atoms with van der Waals surface area (Å²) in [6.07, 6.45) is 1.34. The smallest absolute Gasteiger partial charge is 0.160 e. The zero-order valence-corrected chi connectivity index (χ0v) is 8.55. The summed E-state index contributed by atoms with van der Waals surface area (Å²) >= 11 is 0. The molecule has 6 heteroatoms. The Morgan fingerprint density at radius 2 is 2.06 bits per heavy atom. The molecule has 1 aliphatic carbocycles. The molecule has 1 aliphatic rings. The average molecular weight is 220 g/mol. The maximum Gasteiger partial charge on any atom is 0.160 e. The fraction of sp³-hybridized carbons (Fsp3) is 0.400. The second-order valence-corrected chi connectivity index (χ2v) is 4.13. The predicted molar refractivity (Wildman–Crippen MR) is 58.9 cm³/mol. The van der Waals surface area contributed by atoms with Gasteiger partial charge in [0.2, 0.25) is 0 Å². The summed E-state index contributed by atoms with van der Waals surface area (Å²) in [5.74, 6) is 0. The van der Waals surface area contributed by atoms with E-state index >= 15 is 0 Å². The molecule has 0 unspecified atom stereocenters. The molecule has 4 N–H and O–H groups in total. The predicted octanol–water partition coefficient (Wildman–Crippen LogP) is 0.740. The van der Waals surface area contributed by atoms with Crippen LogP contribution < -0.4 is 11.1 Å². The van der Waals surface area contributed by atoms with E-state index in [0.717, 1.165) is 18.5 Å². The van der Waals surface area contributed by atoms with Gasteiger partial charge in [0.05, 0.1) is 17.5 Å². The Labute approximate surface area is 91.4 Å². The monoisotopic (exact) mass is 220 g/mol. The van der Waals surface area contributed by atoms with Crippen molar-refractivity contribution in [1.29, 1.82) is 0 Å².